The van der Waals surface area contributed by atoms with Crippen molar-refractivity contribution in [3.8, 4) is 17.3 Å². The van der Waals surface area contributed by atoms with Crippen molar-refractivity contribution in [3.63, 3.8) is 0 Å². The molecule has 0 aliphatic heterocycles. The van der Waals surface area contributed by atoms with Crippen molar-refractivity contribution in [2.75, 3.05) is 6.54 Å². The van der Waals surface area contributed by atoms with Crippen molar-refractivity contribution in [2.24, 2.45) is 5.73 Å². The highest BCUT2D eigenvalue weighted by Gasteiger charge is 2.37. The number of aromatic nitrogens is 2. The Balaban J connectivity index is 1.60. The Morgan fingerprint density at radius 3 is 2.60 bits per heavy atom. The van der Waals surface area contributed by atoms with Gasteiger partial charge in [0.1, 0.15) is 0 Å². The summed E-state index contributed by atoms with van der Waals surface area (Å²) in [7, 11) is 0. The monoisotopic (exact) mass is 418 g/mol. The lowest BCUT2D eigenvalue weighted by Gasteiger charge is -2.40. The zero-order chi connectivity index (χ0) is 21.1. The number of nitriles is 1. The Bertz CT molecular complexity index is 1160. The Morgan fingerprint density at radius 2 is 1.90 bits per heavy atom. The van der Waals surface area contributed by atoms with E-state index in [0.717, 1.165) is 31.2 Å². The number of nitrogens with two attached hydrogens (primary N) is 1. The van der Waals surface area contributed by atoms with Crippen molar-refractivity contribution >= 4 is 11.6 Å². The fraction of sp³-hybridized carbons (Fsp3) is 0.292. The van der Waals surface area contributed by atoms with Gasteiger partial charge in [0.05, 0.1) is 23.4 Å². The lowest BCUT2D eigenvalue weighted by Crippen LogP contribution is -2.41. The van der Waals surface area contributed by atoms with Crippen LogP contribution in [0.25, 0.3) is 11.3 Å². The molecule has 30 heavy (non-hydrogen) atoms. The zero-order valence-corrected chi connectivity index (χ0v) is 17.3. The number of hydrogen-bond donors (Lipinski definition) is 1. The predicted molar refractivity (Wildman–Crippen MR) is 118 cm³/mol. The SMILES string of the molecule is N#Cc1cccc(-c2ccc(=O)n([C@H]3CC[C@](CN)(c4cccc(Cl)c4)CC3)n2)c1. The zero-order valence-electron chi connectivity index (χ0n) is 16.6. The number of rotatable bonds is 4. The van der Waals surface area contributed by atoms with Crippen LogP contribution in [0.1, 0.15) is 42.9 Å². The summed E-state index contributed by atoms with van der Waals surface area (Å²) >= 11 is 6.21. The van der Waals surface area contributed by atoms with Crippen LogP contribution in [0.2, 0.25) is 5.02 Å². The molecule has 0 unspecified atom stereocenters. The van der Waals surface area contributed by atoms with E-state index in [0.29, 0.717) is 22.8 Å². The first-order chi connectivity index (χ1) is 14.5. The maximum Gasteiger partial charge on any atom is 0.267 e. The van der Waals surface area contributed by atoms with Gasteiger partial charge in [0.2, 0.25) is 0 Å². The molecule has 1 saturated carbocycles. The van der Waals surface area contributed by atoms with Crippen LogP contribution in [-0.4, -0.2) is 16.3 Å². The van der Waals surface area contributed by atoms with Crippen molar-refractivity contribution in [1.29, 1.82) is 5.26 Å². The van der Waals surface area contributed by atoms with E-state index in [1.165, 1.54) is 5.56 Å². The van der Waals surface area contributed by atoms with Crippen molar-refractivity contribution in [2.45, 2.75) is 37.1 Å². The maximum atomic E-state index is 12.6. The molecule has 1 aliphatic rings. The molecule has 5 nitrogen and oxygen atoms in total. The molecule has 0 amide bonds. The quantitative estimate of drug-likeness (QED) is 0.678. The third-order valence-corrected chi connectivity index (χ3v) is 6.43. The van der Waals surface area contributed by atoms with Gasteiger partial charge in [-0.3, -0.25) is 4.79 Å². The largest absolute Gasteiger partial charge is 0.330 e. The second kappa shape index (κ2) is 8.43. The van der Waals surface area contributed by atoms with Gasteiger partial charge in [-0.25, -0.2) is 4.68 Å². The molecule has 152 valence electrons. The Morgan fingerprint density at radius 1 is 1.13 bits per heavy atom. The molecular formula is C24H23ClN4O. The average Bonchev–Trinajstić information content (AvgIpc) is 2.79. The van der Waals surface area contributed by atoms with Crippen LogP contribution in [0.5, 0.6) is 0 Å². The molecule has 1 aliphatic carbocycles. The van der Waals surface area contributed by atoms with Gasteiger partial charge in [-0.15, -0.1) is 0 Å². The van der Waals surface area contributed by atoms with E-state index in [-0.39, 0.29) is 17.0 Å². The second-order valence-corrected chi connectivity index (χ2v) is 8.36. The molecule has 3 aromatic rings. The molecule has 0 saturated heterocycles. The highest BCUT2D eigenvalue weighted by atomic mass is 35.5. The van der Waals surface area contributed by atoms with E-state index >= 15 is 0 Å². The van der Waals surface area contributed by atoms with Crippen LogP contribution in [0.15, 0.2) is 65.5 Å². The Kier molecular flexibility index (Phi) is 5.72. The van der Waals surface area contributed by atoms with E-state index in [1.807, 2.05) is 30.3 Å². The molecule has 1 heterocycles. The summed E-state index contributed by atoms with van der Waals surface area (Å²) < 4.78 is 1.60. The molecule has 2 N–H and O–H groups in total. The smallest absolute Gasteiger partial charge is 0.267 e. The Hall–Kier alpha value is -2.94. The van der Waals surface area contributed by atoms with Gasteiger partial charge in [0.25, 0.3) is 5.56 Å². The third kappa shape index (κ3) is 3.89. The highest BCUT2D eigenvalue weighted by molar-refractivity contribution is 6.30. The molecular weight excluding hydrogens is 396 g/mol. The maximum absolute atomic E-state index is 12.6. The summed E-state index contributed by atoms with van der Waals surface area (Å²) in [5.74, 6) is 0. The molecule has 0 bridgehead atoms. The minimum atomic E-state index is -0.121. The fourth-order valence-corrected chi connectivity index (χ4v) is 4.61. The first-order valence-corrected chi connectivity index (χ1v) is 10.5. The van der Waals surface area contributed by atoms with Gasteiger partial charge in [0, 0.05) is 28.6 Å². The lowest BCUT2D eigenvalue weighted by molar-refractivity contribution is 0.222. The fourth-order valence-electron chi connectivity index (χ4n) is 4.42. The molecule has 6 heteroatoms. The van der Waals surface area contributed by atoms with Crippen molar-refractivity contribution < 1.29 is 0 Å². The molecule has 2 aromatic carbocycles. The molecule has 1 fully saturated rings. The minimum Gasteiger partial charge on any atom is -0.330 e. The van der Waals surface area contributed by atoms with Gasteiger partial charge in [-0.2, -0.15) is 10.4 Å². The van der Waals surface area contributed by atoms with Gasteiger partial charge in [0.15, 0.2) is 0 Å². The summed E-state index contributed by atoms with van der Waals surface area (Å²) in [6.07, 6.45) is 3.38. The molecule has 4 rings (SSSR count). The number of halogens is 1. The van der Waals surface area contributed by atoms with Crippen molar-refractivity contribution in [1.82, 2.24) is 9.78 Å². The van der Waals surface area contributed by atoms with Crippen LogP contribution >= 0.6 is 11.6 Å². The van der Waals surface area contributed by atoms with Crippen LogP contribution in [0.3, 0.4) is 0 Å². The summed E-state index contributed by atoms with van der Waals surface area (Å²) in [4.78, 5) is 12.6. The molecule has 0 atom stereocenters. The minimum absolute atomic E-state index is 0.0236. The number of hydrogen-bond acceptors (Lipinski definition) is 4. The van der Waals surface area contributed by atoms with Crippen LogP contribution in [0.4, 0.5) is 0 Å². The summed E-state index contributed by atoms with van der Waals surface area (Å²) in [6, 6.07) is 20.6. The number of benzene rings is 2. The average molecular weight is 419 g/mol. The third-order valence-electron chi connectivity index (χ3n) is 6.20. The van der Waals surface area contributed by atoms with E-state index in [9.17, 15) is 4.79 Å². The van der Waals surface area contributed by atoms with Crippen molar-refractivity contribution in [3.05, 3.63) is 87.2 Å². The first kappa shape index (κ1) is 20.3. The van der Waals surface area contributed by atoms with Gasteiger partial charge in [-0.1, -0.05) is 35.9 Å². The molecule has 0 radical (unpaired) electrons. The standard InChI is InChI=1S/C24H23ClN4O/c25-20-6-2-5-19(14-20)24(16-27)11-9-21(10-12-24)29-23(30)8-7-22(28-29)18-4-1-3-17(13-18)15-26/h1-8,13-14,21H,9-12,16,27H2/t21-,24-. The first-order valence-electron chi connectivity index (χ1n) is 10.1. The van der Waals surface area contributed by atoms with Crippen LogP contribution in [0, 0.1) is 11.3 Å². The van der Waals surface area contributed by atoms with Gasteiger partial charge < -0.3 is 5.73 Å². The lowest BCUT2D eigenvalue weighted by atomic mass is 9.68. The summed E-state index contributed by atoms with van der Waals surface area (Å²) in [5, 5.41) is 14.5. The second-order valence-electron chi connectivity index (χ2n) is 7.92. The topological polar surface area (TPSA) is 84.7 Å². The highest BCUT2D eigenvalue weighted by Crippen LogP contribution is 2.42. The van der Waals surface area contributed by atoms with E-state index in [4.69, 9.17) is 22.6 Å². The van der Waals surface area contributed by atoms with E-state index in [2.05, 4.69) is 17.2 Å². The molecule has 1 aromatic heterocycles. The van der Waals surface area contributed by atoms with E-state index < -0.39 is 0 Å². The molecule has 0 spiro atoms. The van der Waals surface area contributed by atoms with Crippen LogP contribution in [-0.2, 0) is 5.41 Å². The normalized spacial score (nSPS) is 21.2. The van der Waals surface area contributed by atoms with E-state index in [1.54, 1.807) is 28.9 Å². The number of nitrogens with zero attached hydrogens (tertiary/aromatic N) is 3. The van der Waals surface area contributed by atoms with Crippen LogP contribution < -0.4 is 11.3 Å². The summed E-state index contributed by atoms with van der Waals surface area (Å²) in [6.45, 7) is 0.545. The van der Waals surface area contributed by atoms with Gasteiger partial charge >= 0.3 is 0 Å². The van der Waals surface area contributed by atoms with Gasteiger partial charge in [-0.05, 0) is 61.6 Å². The predicted octanol–water partition coefficient (Wildman–Crippen LogP) is 4.45. The summed E-state index contributed by atoms with van der Waals surface area (Å²) in [5.41, 5.74) is 9.23. The Labute approximate surface area is 180 Å².